The predicted molar refractivity (Wildman–Crippen MR) is 111 cm³/mol. The van der Waals surface area contributed by atoms with Crippen molar-refractivity contribution in [3.63, 3.8) is 0 Å². The first-order valence-electron chi connectivity index (χ1n) is 9.76. The van der Waals surface area contributed by atoms with Gasteiger partial charge in [-0.1, -0.05) is 5.92 Å². The standard InChI is InChI=1S/C23H26N2O4/c1-4-10-25-11-9-16(20(15-25)23(27)29-3)5-8-22(26)18-12-17-13-19(28-2)6-7-21(17)24-14-18/h1,6-7,12-14,16,20H,5,8-11,15H2,2-3H3/t16-,20+/m1/s1. The number of benzene rings is 1. The molecule has 1 fully saturated rings. The van der Waals surface area contributed by atoms with Crippen LogP contribution >= 0.6 is 0 Å². The zero-order valence-electron chi connectivity index (χ0n) is 16.9. The van der Waals surface area contributed by atoms with Crippen LogP contribution in [-0.4, -0.2) is 55.5 Å². The summed E-state index contributed by atoms with van der Waals surface area (Å²) in [5.74, 6) is 3.00. The Balaban J connectivity index is 1.68. The minimum atomic E-state index is -0.256. The summed E-state index contributed by atoms with van der Waals surface area (Å²) in [6.07, 6.45) is 8.84. The van der Waals surface area contributed by atoms with Crippen LogP contribution in [0.4, 0.5) is 0 Å². The second kappa shape index (κ2) is 9.53. The van der Waals surface area contributed by atoms with Crippen LogP contribution in [0.1, 0.15) is 29.6 Å². The lowest BCUT2D eigenvalue weighted by Crippen LogP contribution is -2.44. The maximum atomic E-state index is 12.8. The fourth-order valence-electron chi connectivity index (χ4n) is 3.95. The van der Waals surface area contributed by atoms with E-state index in [9.17, 15) is 9.59 Å². The normalized spacial score (nSPS) is 19.5. The molecule has 6 heteroatoms. The van der Waals surface area contributed by atoms with Gasteiger partial charge in [0.2, 0.25) is 0 Å². The number of hydrogen-bond donors (Lipinski definition) is 0. The van der Waals surface area contributed by atoms with Crippen molar-refractivity contribution in [1.29, 1.82) is 0 Å². The molecule has 2 heterocycles. The fraction of sp³-hybridized carbons (Fsp3) is 0.435. The van der Waals surface area contributed by atoms with Gasteiger partial charge in [0.25, 0.3) is 0 Å². The van der Waals surface area contributed by atoms with Crippen LogP contribution in [0.25, 0.3) is 10.9 Å². The maximum absolute atomic E-state index is 12.8. The Kier molecular flexibility index (Phi) is 6.84. The molecule has 0 N–H and O–H groups in total. The summed E-state index contributed by atoms with van der Waals surface area (Å²) in [5, 5.41) is 0.866. The van der Waals surface area contributed by atoms with Crippen LogP contribution in [0.2, 0.25) is 0 Å². The molecule has 0 saturated carbocycles. The van der Waals surface area contributed by atoms with Gasteiger partial charge in [-0.3, -0.25) is 19.5 Å². The molecule has 1 saturated heterocycles. The number of nitrogens with zero attached hydrogens (tertiary/aromatic N) is 2. The number of fused-ring (bicyclic) bond motifs is 1. The Morgan fingerprint density at radius 3 is 2.86 bits per heavy atom. The number of methoxy groups -OCH3 is 2. The number of esters is 1. The molecule has 152 valence electrons. The maximum Gasteiger partial charge on any atom is 0.310 e. The molecule has 1 aliphatic heterocycles. The van der Waals surface area contributed by atoms with Crippen molar-refractivity contribution in [1.82, 2.24) is 9.88 Å². The Bertz CT molecular complexity index is 934. The minimum Gasteiger partial charge on any atom is -0.497 e. The molecule has 0 bridgehead atoms. The number of rotatable bonds is 7. The smallest absolute Gasteiger partial charge is 0.310 e. The number of piperidine rings is 1. The van der Waals surface area contributed by atoms with E-state index in [4.69, 9.17) is 15.9 Å². The van der Waals surface area contributed by atoms with E-state index in [-0.39, 0.29) is 23.6 Å². The summed E-state index contributed by atoms with van der Waals surface area (Å²) in [6.45, 7) is 1.92. The molecule has 1 aromatic carbocycles. The zero-order valence-corrected chi connectivity index (χ0v) is 16.9. The van der Waals surface area contributed by atoms with E-state index < -0.39 is 0 Å². The number of likely N-dealkylation sites (tertiary alicyclic amines) is 1. The summed E-state index contributed by atoms with van der Waals surface area (Å²) in [7, 11) is 3.01. The van der Waals surface area contributed by atoms with E-state index in [1.54, 1.807) is 13.3 Å². The first-order valence-corrected chi connectivity index (χ1v) is 9.76. The summed E-state index contributed by atoms with van der Waals surface area (Å²) < 4.78 is 10.2. The molecule has 2 atom stereocenters. The van der Waals surface area contributed by atoms with Gasteiger partial charge in [0.05, 0.1) is 32.2 Å². The highest BCUT2D eigenvalue weighted by Crippen LogP contribution is 2.29. The predicted octanol–water partition coefficient (Wildman–Crippen LogP) is 2.95. The highest BCUT2D eigenvalue weighted by atomic mass is 16.5. The summed E-state index contributed by atoms with van der Waals surface area (Å²) in [5.41, 5.74) is 1.39. The Morgan fingerprint density at radius 1 is 1.31 bits per heavy atom. The van der Waals surface area contributed by atoms with Crippen LogP contribution in [0.15, 0.2) is 30.5 Å². The third-order valence-electron chi connectivity index (χ3n) is 5.61. The average molecular weight is 394 g/mol. The van der Waals surface area contributed by atoms with E-state index in [1.165, 1.54) is 7.11 Å². The van der Waals surface area contributed by atoms with Gasteiger partial charge in [0.1, 0.15) is 5.75 Å². The SMILES string of the molecule is C#CCN1CC[C@@H](CCC(=O)c2cnc3ccc(OC)cc3c2)[C@@H](C(=O)OC)C1. The summed E-state index contributed by atoms with van der Waals surface area (Å²) in [6, 6.07) is 7.43. The van der Waals surface area contributed by atoms with E-state index in [1.807, 2.05) is 24.3 Å². The highest BCUT2D eigenvalue weighted by Gasteiger charge is 2.34. The first-order chi connectivity index (χ1) is 14.0. The highest BCUT2D eigenvalue weighted by molar-refractivity contribution is 5.98. The number of terminal acetylenes is 1. The molecule has 0 aliphatic carbocycles. The second-order valence-corrected chi connectivity index (χ2v) is 7.36. The molecule has 29 heavy (non-hydrogen) atoms. The molecular formula is C23H26N2O4. The number of ketones is 1. The monoisotopic (exact) mass is 394 g/mol. The van der Waals surface area contributed by atoms with Crippen LogP contribution < -0.4 is 4.74 Å². The van der Waals surface area contributed by atoms with Gasteiger partial charge in [-0.05, 0) is 49.6 Å². The van der Waals surface area contributed by atoms with Gasteiger partial charge in [-0.15, -0.1) is 6.42 Å². The molecule has 0 spiro atoms. The lowest BCUT2D eigenvalue weighted by molar-refractivity contribution is -0.149. The Labute approximate surface area is 171 Å². The Hall–Kier alpha value is -2.91. The van der Waals surface area contributed by atoms with Crippen molar-refractivity contribution in [2.75, 3.05) is 33.9 Å². The molecule has 6 nitrogen and oxygen atoms in total. The van der Waals surface area contributed by atoms with Crippen LogP contribution in [0.3, 0.4) is 0 Å². The van der Waals surface area contributed by atoms with Gasteiger partial charge >= 0.3 is 5.97 Å². The molecular weight excluding hydrogens is 368 g/mol. The van der Waals surface area contributed by atoms with E-state index >= 15 is 0 Å². The summed E-state index contributed by atoms with van der Waals surface area (Å²) >= 11 is 0. The van der Waals surface area contributed by atoms with Crippen molar-refractivity contribution in [3.05, 3.63) is 36.0 Å². The largest absolute Gasteiger partial charge is 0.497 e. The number of aromatic nitrogens is 1. The number of Topliss-reactive ketones (excluding diaryl/α,β-unsaturated/α-hetero) is 1. The molecule has 2 aromatic rings. The summed E-state index contributed by atoms with van der Waals surface area (Å²) in [4.78, 5) is 31.5. The van der Waals surface area contributed by atoms with E-state index in [2.05, 4.69) is 15.8 Å². The zero-order chi connectivity index (χ0) is 20.8. The lowest BCUT2D eigenvalue weighted by Gasteiger charge is -2.36. The molecule has 3 rings (SSSR count). The van der Waals surface area contributed by atoms with Crippen molar-refractivity contribution in [3.8, 4) is 18.1 Å². The molecule has 0 amide bonds. The van der Waals surface area contributed by atoms with Gasteiger partial charge in [-0.25, -0.2) is 0 Å². The topological polar surface area (TPSA) is 68.7 Å². The van der Waals surface area contributed by atoms with Crippen molar-refractivity contribution in [2.24, 2.45) is 11.8 Å². The van der Waals surface area contributed by atoms with Gasteiger partial charge in [0.15, 0.2) is 5.78 Å². The molecule has 0 radical (unpaired) electrons. The average Bonchev–Trinajstić information content (AvgIpc) is 2.76. The number of carbonyl (C=O) groups excluding carboxylic acids is 2. The van der Waals surface area contributed by atoms with E-state index in [0.717, 1.165) is 29.6 Å². The first kappa shape index (κ1) is 20.8. The third-order valence-corrected chi connectivity index (χ3v) is 5.61. The number of hydrogen-bond acceptors (Lipinski definition) is 6. The van der Waals surface area contributed by atoms with Gasteiger partial charge < -0.3 is 9.47 Å². The fourth-order valence-corrected chi connectivity index (χ4v) is 3.95. The molecule has 1 aliphatic rings. The van der Waals surface area contributed by atoms with Crippen molar-refractivity contribution in [2.45, 2.75) is 19.3 Å². The Morgan fingerprint density at radius 2 is 2.14 bits per heavy atom. The number of carbonyl (C=O) groups is 2. The number of ether oxygens (including phenoxy) is 2. The van der Waals surface area contributed by atoms with Gasteiger partial charge in [0, 0.05) is 30.1 Å². The van der Waals surface area contributed by atoms with Gasteiger partial charge in [-0.2, -0.15) is 0 Å². The van der Waals surface area contributed by atoms with E-state index in [0.29, 0.717) is 31.5 Å². The second-order valence-electron chi connectivity index (χ2n) is 7.36. The van der Waals surface area contributed by atoms with Crippen LogP contribution in [0.5, 0.6) is 5.75 Å². The quantitative estimate of drug-likeness (QED) is 0.409. The van der Waals surface area contributed by atoms with Crippen LogP contribution in [-0.2, 0) is 9.53 Å². The van der Waals surface area contributed by atoms with Crippen molar-refractivity contribution < 1.29 is 19.1 Å². The minimum absolute atomic E-state index is 0.0249. The van der Waals surface area contributed by atoms with Crippen LogP contribution in [0, 0.1) is 24.2 Å². The lowest BCUT2D eigenvalue weighted by atomic mass is 9.81. The molecule has 0 unspecified atom stereocenters. The number of pyridine rings is 1. The third kappa shape index (κ3) is 4.93. The molecule has 1 aromatic heterocycles. The van der Waals surface area contributed by atoms with Crippen molar-refractivity contribution >= 4 is 22.7 Å².